The summed E-state index contributed by atoms with van der Waals surface area (Å²) in [5, 5.41) is 4.66. The molecule has 7 nitrogen and oxygen atoms in total. The lowest BCUT2D eigenvalue weighted by Crippen LogP contribution is -2.45. The average molecular weight is 425 g/mol. The number of hydrogen-bond acceptors (Lipinski definition) is 5. The number of carbonyl (C=O) groups excluding carboxylic acids is 1. The SMILES string of the molecule is CCOC(=O)c1cn(Cc2ccc(Cn3cc(F)ccc3=O)cc2)nc1C1(C)COC1. The van der Waals surface area contributed by atoms with Crippen LogP contribution in [-0.2, 0) is 28.0 Å². The number of nitrogens with zero attached hydrogens (tertiary/aromatic N) is 3. The molecule has 8 heteroatoms. The molecule has 1 fully saturated rings. The molecule has 0 atom stereocenters. The second kappa shape index (κ2) is 8.47. The Morgan fingerprint density at radius 1 is 1.13 bits per heavy atom. The number of esters is 1. The molecule has 3 aromatic rings. The highest BCUT2D eigenvalue weighted by Crippen LogP contribution is 2.33. The first-order chi connectivity index (χ1) is 14.9. The van der Waals surface area contributed by atoms with Crippen molar-refractivity contribution in [3.63, 3.8) is 0 Å². The summed E-state index contributed by atoms with van der Waals surface area (Å²) >= 11 is 0. The molecule has 1 aliphatic rings. The lowest BCUT2D eigenvalue weighted by atomic mass is 9.83. The van der Waals surface area contributed by atoms with Crippen LogP contribution in [0, 0.1) is 5.82 Å². The molecule has 0 bridgehead atoms. The average Bonchev–Trinajstić information content (AvgIpc) is 3.15. The Morgan fingerprint density at radius 2 is 1.81 bits per heavy atom. The normalized spacial score (nSPS) is 14.8. The van der Waals surface area contributed by atoms with Crippen LogP contribution in [0.25, 0.3) is 0 Å². The van der Waals surface area contributed by atoms with Gasteiger partial charge in [-0.1, -0.05) is 24.3 Å². The first-order valence-corrected chi connectivity index (χ1v) is 10.1. The lowest BCUT2D eigenvalue weighted by molar-refractivity contribution is -0.0527. The Hall–Kier alpha value is -3.26. The molecule has 0 unspecified atom stereocenters. The van der Waals surface area contributed by atoms with Crippen molar-refractivity contribution in [3.8, 4) is 0 Å². The predicted molar refractivity (Wildman–Crippen MR) is 112 cm³/mol. The zero-order valence-electron chi connectivity index (χ0n) is 17.5. The summed E-state index contributed by atoms with van der Waals surface area (Å²) in [5.74, 6) is -0.832. The van der Waals surface area contributed by atoms with Crippen molar-refractivity contribution >= 4 is 5.97 Å². The van der Waals surface area contributed by atoms with Crippen LogP contribution in [0.5, 0.6) is 0 Å². The van der Waals surface area contributed by atoms with E-state index in [2.05, 4.69) is 5.10 Å². The summed E-state index contributed by atoms with van der Waals surface area (Å²) in [6.07, 6.45) is 2.92. The monoisotopic (exact) mass is 425 g/mol. The Bertz CT molecular complexity index is 1150. The molecule has 0 aliphatic carbocycles. The summed E-state index contributed by atoms with van der Waals surface area (Å²) < 4.78 is 27.0. The molecular formula is C23H24FN3O4. The van der Waals surface area contributed by atoms with Gasteiger partial charge in [-0.2, -0.15) is 5.10 Å². The lowest BCUT2D eigenvalue weighted by Gasteiger charge is -2.36. The van der Waals surface area contributed by atoms with Crippen molar-refractivity contribution in [1.82, 2.24) is 14.3 Å². The third-order valence-electron chi connectivity index (χ3n) is 5.34. The first kappa shape index (κ1) is 21.0. The Labute approximate surface area is 179 Å². The minimum Gasteiger partial charge on any atom is -0.462 e. The van der Waals surface area contributed by atoms with Crippen LogP contribution in [0.4, 0.5) is 4.39 Å². The van der Waals surface area contributed by atoms with Gasteiger partial charge in [-0.15, -0.1) is 0 Å². The molecule has 0 radical (unpaired) electrons. The maximum absolute atomic E-state index is 13.4. The van der Waals surface area contributed by atoms with Crippen LogP contribution < -0.4 is 5.56 Å². The van der Waals surface area contributed by atoms with E-state index >= 15 is 0 Å². The zero-order chi connectivity index (χ0) is 22.0. The number of pyridine rings is 1. The zero-order valence-corrected chi connectivity index (χ0v) is 17.5. The largest absolute Gasteiger partial charge is 0.462 e. The molecule has 1 aliphatic heterocycles. The number of hydrogen-bond donors (Lipinski definition) is 0. The Morgan fingerprint density at radius 3 is 2.42 bits per heavy atom. The van der Waals surface area contributed by atoms with Crippen molar-refractivity contribution in [2.75, 3.05) is 19.8 Å². The van der Waals surface area contributed by atoms with Gasteiger partial charge in [-0.25, -0.2) is 9.18 Å². The van der Waals surface area contributed by atoms with E-state index in [9.17, 15) is 14.0 Å². The van der Waals surface area contributed by atoms with Gasteiger partial charge in [0.05, 0.1) is 44.0 Å². The van der Waals surface area contributed by atoms with Gasteiger partial charge in [0.1, 0.15) is 11.4 Å². The van der Waals surface area contributed by atoms with Crippen LogP contribution in [0.15, 0.2) is 53.6 Å². The summed E-state index contributed by atoms with van der Waals surface area (Å²) in [7, 11) is 0. The number of carbonyl (C=O) groups is 1. The quantitative estimate of drug-likeness (QED) is 0.544. The molecule has 0 N–H and O–H groups in total. The van der Waals surface area contributed by atoms with E-state index in [-0.39, 0.29) is 23.5 Å². The van der Waals surface area contributed by atoms with Crippen LogP contribution in [0.3, 0.4) is 0 Å². The van der Waals surface area contributed by atoms with Crippen molar-refractivity contribution in [2.45, 2.75) is 32.4 Å². The molecule has 2 aromatic heterocycles. The van der Waals surface area contributed by atoms with Gasteiger partial charge in [0.15, 0.2) is 0 Å². The van der Waals surface area contributed by atoms with Crippen molar-refractivity contribution in [1.29, 1.82) is 0 Å². The van der Waals surface area contributed by atoms with E-state index in [4.69, 9.17) is 9.47 Å². The van der Waals surface area contributed by atoms with Crippen LogP contribution >= 0.6 is 0 Å². The molecule has 31 heavy (non-hydrogen) atoms. The summed E-state index contributed by atoms with van der Waals surface area (Å²) in [4.78, 5) is 24.3. The molecule has 0 spiro atoms. The molecule has 1 saturated heterocycles. The smallest absolute Gasteiger partial charge is 0.341 e. The van der Waals surface area contributed by atoms with E-state index in [0.29, 0.717) is 37.6 Å². The van der Waals surface area contributed by atoms with Gasteiger partial charge in [-0.05, 0) is 31.0 Å². The number of aromatic nitrogens is 3. The van der Waals surface area contributed by atoms with Crippen LogP contribution in [0.1, 0.15) is 41.0 Å². The van der Waals surface area contributed by atoms with Gasteiger partial charge in [0.2, 0.25) is 0 Å². The van der Waals surface area contributed by atoms with Gasteiger partial charge in [-0.3, -0.25) is 9.48 Å². The molecule has 3 heterocycles. The van der Waals surface area contributed by atoms with Crippen LogP contribution in [0.2, 0.25) is 0 Å². The van der Waals surface area contributed by atoms with Gasteiger partial charge < -0.3 is 14.0 Å². The highest BCUT2D eigenvalue weighted by molar-refractivity contribution is 5.90. The van der Waals surface area contributed by atoms with E-state index in [1.54, 1.807) is 17.8 Å². The summed E-state index contributed by atoms with van der Waals surface area (Å²) in [6, 6.07) is 10.0. The third kappa shape index (κ3) is 4.44. The fraction of sp³-hybridized carbons (Fsp3) is 0.348. The van der Waals surface area contributed by atoms with Gasteiger partial charge in [0, 0.05) is 18.5 Å². The molecule has 0 saturated carbocycles. The predicted octanol–water partition coefficient (Wildman–Crippen LogP) is 2.75. The van der Waals surface area contributed by atoms with Gasteiger partial charge in [0.25, 0.3) is 5.56 Å². The number of ether oxygens (including phenoxy) is 2. The van der Waals surface area contributed by atoms with Crippen molar-refractivity contribution in [3.05, 3.63) is 87.3 Å². The number of rotatable bonds is 7. The van der Waals surface area contributed by atoms with E-state index in [0.717, 1.165) is 17.2 Å². The topological polar surface area (TPSA) is 75.4 Å². The third-order valence-corrected chi connectivity index (χ3v) is 5.34. The van der Waals surface area contributed by atoms with E-state index < -0.39 is 5.82 Å². The highest BCUT2D eigenvalue weighted by atomic mass is 19.1. The van der Waals surface area contributed by atoms with E-state index in [1.807, 2.05) is 31.2 Å². The fourth-order valence-corrected chi connectivity index (χ4v) is 3.61. The standard InChI is InChI=1S/C23H24FN3O4/c1-3-31-22(29)19-13-27(25-21(19)23(2)14-30-15-23)11-17-6-4-16(5-7-17)10-26-12-18(24)8-9-20(26)28/h4-9,12-13H,3,10-11,14-15H2,1-2H3. The molecule has 162 valence electrons. The molecule has 0 amide bonds. The second-order valence-electron chi connectivity index (χ2n) is 7.99. The maximum atomic E-state index is 13.4. The second-order valence-corrected chi connectivity index (χ2v) is 7.99. The Kier molecular flexibility index (Phi) is 5.73. The molecular weight excluding hydrogens is 401 g/mol. The maximum Gasteiger partial charge on any atom is 0.341 e. The number of benzene rings is 1. The summed E-state index contributed by atoms with van der Waals surface area (Å²) in [6.45, 7) is 5.89. The summed E-state index contributed by atoms with van der Waals surface area (Å²) in [5.41, 5.74) is 2.47. The highest BCUT2D eigenvalue weighted by Gasteiger charge is 2.41. The van der Waals surface area contributed by atoms with Gasteiger partial charge >= 0.3 is 5.97 Å². The molecule has 1 aromatic carbocycles. The van der Waals surface area contributed by atoms with Crippen molar-refractivity contribution in [2.24, 2.45) is 0 Å². The minimum atomic E-state index is -0.450. The number of halogens is 1. The Balaban J connectivity index is 1.52. The first-order valence-electron chi connectivity index (χ1n) is 10.1. The minimum absolute atomic E-state index is 0.255. The fourth-order valence-electron chi connectivity index (χ4n) is 3.61. The van der Waals surface area contributed by atoms with E-state index in [1.165, 1.54) is 16.8 Å². The van der Waals surface area contributed by atoms with Crippen molar-refractivity contribution < 1.29 is 18.7 Å². The van der Waals surface area contributed by atoms with Crippen LogP contribution in [-0.4, -0.2) is 40.1 Å². The molecule has 4 rings (SSSR count).